The van der Waals surface area contributed by atoms with E-state index < -0.39 is 0 Å². The van der Waals surface area contributed by atoms with Crippen LogP contribution in [-0.2, 0) is 4.79 Å². The number of rotatable bonds is 3. The topological polar surface area (TPSA) is 29.1 Å². The molecule has 1 N–H and O–H groups in total. The highest BCUT2D eigenvalue weighted by atomic mass is 35.5. The van der Waals surface area contributed by atoms with E-state index in [-0.39, 0.29) is 5.91 Å². The number of amides is 1. The van der Waals surface area contributed by atoms with Crippen molar-refractivity contribution in [2.24, 2.45) is 0 Å². The van der Waals surface area contributed by atoms with E-state index in [1.165, 1.54) is 6.08 Å². The van der Waals surface area contributed by atoms with Crippen molar-refractivity contribution in [3.8, 4) is 0 Å². The molecule has 2 aromatic rings. The van der Waals surface area contributed by atoms with E-state index in [9.17, 15) is 4.79 Å². The number of anilines is 1. The lowest BCUT2D eigenvalue weighted by Gasteiger charge is -2.01. The fourth-order valence-electron chi connectivity index (χ4n) is 1.51. The number of nitrogens with one attached hydrogen (secondary N) is 1. The zero-order valence-electron chi connectivity index (χ0n) is 9.94. The van der Waals surface area contributed by atoms with Crippen LogP contribution in [0, 0.1) is 0 Å². The third-order valence-corrected chi connectivity index (χ3v) is 2.98. The second-order valence-corrected chi connectivity index (χ2v) is 4.70. The van der Waals surface area contributed by atoms with Gasteiger partial charge in [0.25, 0.3) is 0 Å². The molecule has 0 saturated heterocycles. The van der Waals surface area contributed by atoms with E-state index in [2.05, 4.69) is 5.32 Å². The van der Waals surface area contributed by atoms with Gasteiger partial charge in [0, 0.05) is 21.8 Å². The van der Waals surface area contributed by atoms with Gasteiger partial charge in [-0.15, -0.1) is 0 Å². The molecule has 2 aromatic carbocycles. The Bertz CT molecular complexity index is 609. The molecule has 2 rings (SSSR count). The summed E-state index contributed by atoms with van der Waals surface area (Å²) in [5, 5.41) is 3.82. The van der Waals surface area contributed by atoms with Crippen LogP contribution in [0.2, 0.25) is 10.0 Å². The minimum Gasteiger partial charge on any atom is -0.323 e. The Morgan fingerprint density at radius 3 is 2.47 bits per heavy atom. The lowest BCUT2D eigenvalue weighted by molar-refractivity contribution is -0.111. The summed E-state index contributed by atoms with van der Waals surface area (Å²) in [6, 6.07) is 14.4. The molecule has 0 fully saturated rings. The van der Waals surface area contributed by atoms with Gasteiger partial charge < -0.3 is 5.32 Å². The first-order chi connectivity index (χ1) is 9.15. The number of halogens is 2. The average Bonchev–Trinajstić information content (AvgIpc) is 2.39. The van der Waals surface area contributed by atoms with Crippen molar-refractivity contribution < 1.29 is 4.79 Å². The summed E-state index contributed by atoms with van der Waals surface area (Å²) < 4.78 is 0. The molecular formula is C15H11Cl2NO. The normalized spacial score (nSPS) is 10.6. The molecular weight excluding hydrogens is 281 g/mol. The van der Waals surface area contributed by atoms with Crippen molar-refractivity contribution in [3.63, 3.8) is 0 Å². The largest absolute Gasteiger partial charge is 0.323 e. The molecule has 0 unspecified atom stereocenters. The van der Waals surface area contributed by atoms with Crippen molar-refractivity contribution >= 4 is 40.9 Å². The highest BCUT2D eigenvalue weighted by molar-refractivity contribution is 6.35. The van der Waals surface area contributed by atoms with Gasteiger partial charge in [-0.2, -0.15) is 0 Å². The van der Waals surface area contributed by atoms with Crippen molar-refractivity contribution in [2.75, 3.05) is 5.32 Å². The molecule has 0 aliphatic rings. The second-order valence-electron chi connectivity index (χ2n) is 3.85. The number of carbonyl (C=O) groups is 1. The van der Waals surface area contributed by atoms with E-state index in [1.54, 1.807) is 24.3 Å². The number of benzene rings is 2. The Balaban J connectivity index is 2.04. The summed E-state index contributed by atoms with van der Waals surface area (Å²) in [7, 11) is 0. The smallest absolute Gasteiger partial charge is 0.248 e. The molecule has 0 atom stereocenters. The molecule has 0 heterocycles. The molecule has 0 aromatic heterocycles. The monoisotopic (exact) mass is 291 g/mol. The first-order valence-corrected chi connectivity index (χ1v) is 6.40. The van der Waals surface area contributed by atoms with Crippen LogP contribution in [0.15, 0.2) is 54.6 Å². The van der Waals surface area contributed by atoms with Gasteiger partial charge in [0.1, 0.15) is 0 Å². The van der Waals surface area contributed by atoms with Crippen LogP contribution in [0.1, 0.15) is 5.56 Å². The van der Waals surface area contributed by atoms with Crippen LogP contribution in [0.4, 0.5) is 5.69 Å². The van der Waals surface area contributed by atoms with Gasteiger partial charge in [0.05, 0.1) is 0 Å². The summed E-state index contributed by atoms with van der Waals surface area (Å²) in [4.78, 5) is 11.7. The number of para-hydroxylation sites is 1. The first-order valence-electron chi connectivity index (χ1n) is 5.64. The van der Waals surface area contributed by atoms with Gasteiger partial charge in [-0.3, -0.25) is 4.79 Å². The molecule has 0 aliphatic heterocycles. The van der Waals surface area contributed by atoms with Crippen molar-refractivity contribution in [1.29, 1.82) is 0 Å². The zero-order valence-corrected chi connectivity index (χ0v) is 11.4. The van der Waals surface area contributed by atoms with Crippen LogP contribution in [-0.4, -0.2) is 5.91 Å². The number of carbonyl (C=O) groups excluding carboxylic acids is 1. The van der Waals surface area contributed by atoms with Crippen LogP contribution >= 0.6 is 23.2 Å². The number of hydrogen-bond acceptors (Lipinski definition) is 1. The molecule has 0 saturated carbocycles. The molecule has 19 heavy (non-hydrogen) atoms. The SMILES string of the molecule is O=C(C=Cc1ccc(Cl)cc1Cl)Nc1ccccc1. The van der Waals surface area contributed by atoms with E-state index >= 15 is 0 Å². The zero-order chi connectivity index (χ0) is 13.7. The van der Waals surface area contributed by atoms with E-state index in [0.717, 1.165) is 11.3 Å². The van der Waals surface area contributed by atoms with E-state index in [1.807, 2.05) is 30.3 Å². The molecule has 0 bridgehead atoms. The van der Waals surface area contributed by atoms with Crippen LogP contribution in [0.25, 0.3) is 6.08 Å². The van der Waals surface area contributed by atoms with Crippen molar-refractivity contribution in [1.82, 2.24) is 0 Å². The van der Waals surface area contributed by atoms with Gasteiger partial charge in [0.2, 0.25) is 5.91 Å². The Morgan fingerprint density at radius 1 is 1.05 bits per heavy atom. The van der Waals surface area contributed by atoms with Crippen LogP contribution in [0.5, 0.6) is 0 Å². The van der Waals surface area contributed by atoms with Crippen molar-refractivity contribution in [3.05, 3.63) is 70.2 Å². The maximum atomic E-state index is 11.7. The van der Waals surface area contributed by atoms with E-state index in [4.69, 9.17) is 23.2 Å². The molecule has 0 spiro atoms. The van der Waals surface area contributed by atoms with Crippen molar-refractivity contribution in [2.45, 2.75) is 0 Å². The first kappa shape index (κ1) is 13.7. The highest BCUT2D eigenvalue weighted by Crippen LogP contribution is 2.21. The molecule has 0 aliphatic carbocycles. The van der Waals surface area contributed by atoms with E-state index in [0.29, 0.717) is 10.0 Å². The lowest BCUT2D eigenvalue weighted by Crippen LogP contribution is -2.07. The van der Waals surface area contributed by atoms with Gasteiger partial charge in [-0.1, -0.05) is 47.5 Å². The predicted molar refractivity (Wildman–Crippen MR) is 80.6 cm³/mol. The standard InChI is InChI=1S/C15H11Cl2NO/c16-12-8-6-11(14(17)10-12)7-9-15(19)18-13-4-2-1-3-5-13/h1-10H,(H,18,19). The minimum absolute atomic E-state index is 0.211. The number of hydrogen-bond donors (Lipinski definition) is 1. The summed E-state index contributed by atoms with van der Waals surface area (Å²) in [6.07, 6.45) is 3.08. The minimum atomic E-state index is -0.211. The molecule has 96 valence electrons. The molecule has 4 heteroatoms. The van der Waals surface area contributed by atoms with Gasteiger partial charge >= 0.3 is 0 Å². The van der Waals surface area contributed by atoms with Gasteiger partial charge in [-0.05, 0) is 35.9 Å². The second kappa shape index (κ2) is 6.41. The fraction of sp³-hybridized carbons (Fsp3) is 0. The molecule has 2 nitrogen and oxygen atoms in total. The van der Waals surface area contributed by atoms with Gasteiger partial charge in [-0.25, -0.2) is 0 Å². The van der Waals surface area contributed by atoms with Gasteiger partial charge in [0.15, 0.2) is 0 Å². The average molecular weight is 292 g/mol. The third kappa shape index (κ3) is 4.12. The van der Waals surface area contributed by atoms with Crippen LogP contribution in [0.3, 0.4) is 0 Å². The summed E-state index contributed by atoms with van der Waals surface area (Å²) in [6.45, 7) is 0. The Labute approximate surface area is 121 Å². The Kier molecular flexibility index (Phi) is 4.61. The summed E-state index contributed by atoms with van der Waals surface area (Å²) >= 11 is 11.8. The quantitative estimate of drug-likeness (QED) is 0.820. The maximum Gasteiger partial charge on any atom is 0.248 e. The molecule has 0 radical (unpaired) electrons. The van der Waals surface area contributed by atoms with Crippen LogP contribution < -0.4 is 5.32 Å². The Morgan fingerprint density at radius 2 is 1.79 bits per heavy atom. The highest BCUT2D eigenvalue weighted by Gasteiger charge is 2.00. The predicted octanol–water partition coefficient (Wildman–Crippen LogP) is 4.65. The summed E-state index contributed by atoms with van der Waals surface area (Å²) in [5.41, 5.74) is 1.49. The lowest BCUT2D eigenvalue weighted by atomic mass is 10.2. The Hall–Kier alpha value is -1.77. The maximum absolute atomic E-state index is 11.7. The third-order valence-electron chi connectivity index (χ3n) is 2.42. The molecule has 1 amide bonds. The fourth-order valence-corrected chi connectivity index (χ4v) is 1.98. The summed E-state index contributed by atoms with van der Waals surface area (Å²) in [5.74, 6) is -0.211.